The number of hydrogen-bond acceptors (Lipinski definition) is 8. The number of aromatic hydroxyl groups is 1. The van der Waals surface area contributed by atoms with Crippen molar-refractivity contribution in [3.05, 3.63) is 48.5 Å². The van der Waals surface area contributed by atoms with Crippen LogP contribution in [-0.4, -0.2) is 44.4 Å². The summed E-state index contributed by atoms with van der Waals surface area (Å²) >= 11 is 2.93. The molecule has 0 bridgehead atoms. The van der Waals surface area contributed by atoms with Gasteiger partial charge in [-0.05, 0) is 18.2 Å². The van der Waals surface area contributed by atoms with Crippen molar-refractivity contribution in [1.82, 2.24) is 0 Å². The van der Waals surface area contributed by atoms with Gasteiger partial charge in [-0.1, -0.05) is 47.8 Å². The lowest BCUT2D eigenvalue weighted by Crippen LogP contribution is -2.14. The van der Waals surface area contributed by atoms with Gasteiger partial charge in [0, 0.05) is 22.6 Å². The third-order valence-corrected chi connectivity index (χ3v) is 8.23. The highest BCUT2D eigenvalue weighted by atomic mass is 32.2. The van der Waals surface area contributed by atoms with Gasteiger partial charge in [0.25, 0.3) is 10.0 Å². The van der Waals surface area contributed by atoms with Gasteiger partial charge >= 0.3 is 0 Å². The molecule has 0 aromatic heterocycles. The SMILES string of the molecule is COc1ccc(OC)c(S(=O)(=O)Nc2cc(SC3=NCCS3)c(O)c3ccccc23)c1. The molecule has 3 aromatic rings. The summed E-state index contributed by atoms with van der Waals surface area (Å²) in [6.45, 7) is 0.733. The lowest BCUT2D eigenvalue weighted by molar-refractivity contribution is 0.392. The van der Waals surface area contributed by atoms with E-state index in [1.165, 1.54) is 32.0 Å². The van der Waals surface area contributed by atoms with Crippen molar-refractivity contribution >= 4 is 54.4 Å². The molecule has 0 unspecified atom stereocenters. The van der Waals surface area contributed by atoms with Crippen LogP contribution in [0.5, 0.6) is 17.2 Å². The number of nitrogens with one attached hydrogen (secondary N) is 1. The van der Waals surface area contributed by atoms with E-state index in [1.807, 2.05) is 0 Å². The van der Waals surface area contributed by atoms with Gasteiger partial charge in [0.1, 0.15) is 26.5 Å². The molecular weight excluding hydrogens is 456 g/mol. The summed E-state index contributed by atoms with van der Waals surface area (Å²) in [5, 5.41) is 11.9. The largest absolute Gasteiger partial charge is 0.506 e. The zero-order valence-corrected chi connectivity index (χ0v) is 19.2. The molecule has 0 saturated heterocycles. The van der Waals surface area contributed by atoms with E-state index in [-0.39, 0.29) is 16.4 Å². The number of phenolic OH excluding ortho intramolecular Hbond substituents is 1. The molecule has 7 nitrogen and oxygen atoms in total. The molecule has 1 heterocycles. The average molecular weight is 477 g/mol. The van der Waals surface area contributed by atoms with Gasteiger partial charge in [-0.15, -0.1) is 0 Å². The van der Waals surface area contributed by atoms with Crippen molar-refractivity contribution in [3.8, 4) is 17.2 Å². The molecule has 1 aliphatic rings. The summed E-state index contributed by atoms with van der Waals surface area (Å²) in [7, 11) is -1.15. The number of aliphatic imine (C=N–C) groups is 1. The van der Waals surface area contributed by atoms with E-state index in [9.17, 15) is 13.5 Å². The summed E-state index contributed by atoms with van der Waals surface area (Å²) in [6, 6.07) is 13.3. The Bertz CT molecular complexity index is 1280. The quantitative estimate of drug-likeness (QED) is 0.504. The molecule has 3 aromatic carbocycles. The van der Waals surface area contributed by atoms with Crippen molar-refractivity contribution < 1.29 is 23.0 Å². The highest BCUT2D eigenvalue weighted by molar-refractivity contribution is 8.39. The predicted molar refractivity (Wildman–Crippen MR) is 127 cm³/mol. The Hall–Kier alpha value is -2.56. The highest BCUT2D eigenvalue weighted by Gasteiger charge is 2.23. The molecule has 0 atom stereocenters. The topological polar surface area (TPSA) is 97.2 Å². The third-order valence-electron chi connectivity index (χ3n) is 4.64. The zero-order chi connectivity index (χ0) is 22.0. The van der Waals surface area contributed by atoms with Gasteiger partial charge in [0.15, 0.2) is 0 Å². The molecule has 4 rings (SSSR count). The van der Waals surface area contributed by atoms with Gasteiger partial charge in [-0.3, -0.25) is 9.71 Å². The Balaban J connectivity index is 1.81. The van der Waals surface area contributed by atoms with E-state index < -0.39 is 10.0 Å². The van der Waals surface area contributed by atoms with Crippen LogP contribution < -0.4 is 14.2 Å². The smallest absolute Gasteiger partial charge is 0.265 e. The van der Waals surface area contributed by atoms with Crippen LogP contribution in [0.4, 0.5) is 5.69 Å². The molecule has 0 radical (unpaired) electrons. The number of methoxy groups -OCH3 is 2. The summed E-state index contributed by atoms with van der Waals surface area (Å²) < 4.78 is 40.5. The average Bonchev–Trinajstić information content (AvgIpc) is 3.29. The fourth-order valence-electron chi connectivity index (χ4n) is 3.16. The number of benzene rings is 3. The third kappa shape index (κ3) is 4.41. The van der Waals surface area contributed by atoms with Crippen LogP contribution >= 0.6 is 23.5 Å². The maximum Gasteiger partial charge on any atom is 0.265 e. The second kappa shape index (κ2) is 8.89. The summed E-state index contributed by atoms with van der Waals surface area (Å²) in [5.74, 6) is 1.58. The molecule has 0 spiro atoms. The summed E-state index contributed by atoms with van der Waals surface area (Å²) in [5.41, 5.74) is 0.351. The van der Waals surface area contributed by atoms with E-state index in [0.29, 0.717) is 27.1 Å². The van der Waals surface area contributed by atoms with E-state index in [0.717, 1.165) is 16.7 Å². The van der Waals surface area contributed by atoms with Gasteiger partial charge in [-0.2, -0.15) is 0 Å². The first-order chi connectivity index (χ1) is 14.9. The van der Waals surface area contributed by atoms with E-state index in [1.54, 1.807) is 54.2 Å². The number of phenols is 1. The molecule has 10 heteroatoms. The number of nitrogens with zero attached hydrogens (tertiary/aromatic N) is 1. The molecule has 0 fully saturated rings. The minimum Gasteiger partial charge on any atom is -0.506 e. The standard InChI is InChI=1S/C21H20N2O5S3/c1-27-13-7-8-17(28-2)19(11-13)31(25,26)23-16-12-18(30-21-22-9-10-29-21)20(24)15-6-4-3-5-14(15)16/h3-8,11-12,23-24H,9-10H2,1-2H3. The summed E-state index contributed by atoms with van der Waals surface area (Å²) in [4.78, 5) is 4.89. The van der Waals surface area contributed by atoms with Crippen molar-refractivity contribution in [2.45, 2.75) is 9.79 Å². The molecular formula is C21H20N2O5S3. The fraction of sp³-hybridized carbons (Fsp3) is 0.190. The van der Waals surface area contributed by atoms with Gasteiger partial charge in [0.05, 0.1) is 31.3 Å². The lowest BCUT2D eigenvalue weighted by Gasteiger charge is -2.16. The monoisotopic (exact) mass is 476 g/mol. The number of anilines is 1. The Morgan fingerprint density at radius 1 is 1.10 bits per heavy atom. The number of fused-ring (bicyclic) bond motifs is 1. The van der Waals surface area contributed by atoms with Gasteiger partial charge < -0.3 is 14.6 Å². The second-order valence-electron chi connectivity index (χ2n) is 6.54. The predicted octanol–water partition coefficient (Wildman–Crippen LogP) is 4.56. The van der Waals surface area contributed by atoms with Crippen molar-refractivity contribution in [3.63, 3.8) is 0 Å². The number of ether oxygens (including phenoxy) is 2. The zero-order valence-electron chi connectivity index (χ0n) is 16.8. The number of sulfonamides is 1. The second-order valence-corrected chi connectivity index (χ2v) is 10.6. The first-order valence-corrected chi connectivity index (χ1v) is 12.6. The van der Waals surface area contributed by atoms with Crippen LogP contribution in [0.25, 0.3) is 10.8 Å². The van der Waals surface area contributed by atoms with Crippen molar-refractivity contribution in [2.24, 2.45) is 4.99 Å². The normalized spacial score (nSPS) is 13.8. The Morgan fingerprint density at radius 3 is 2.55 bits per heavy atom. The number of rotatable bonds is 6. The minimum absolute atomic E-state index is 0.0450. The van der Waals surface area contributed by atoms with Crippen LogP contribution in [0.2, 0.25) is 0 Å². The number of hydrogen-bond donors (Lipinski definition) is 2. The molecule has 162 valence electrons. The molecule has 31 heavy (non-hydrogen) atoms. The maximum atomic E-state index is 13.3. The first-order valence-electron chi connectivity index (χ1n) is 9.27. The maximum absolute atomic E-state index is 13.3. The van der Waals surface area contributed by atoms with E-state index in [4.69, 9.17) is 9.47 Å². The van der Waals surface area contributed by atoms with Crippen LogP contribution in [0.3, 0.4) is 0 Å². The molecule has 2 N–H and O–H groups in total. The fourth-order valence-corrected chi connectivity index (χ4v) is 6.44. The van der Waals surface area contributed by atoms with Gasteiger partial charge in [-0.25, -0.2) is 8.42 Å². The summed E-state index contributed by atoms with van der Waals surface area (Å²) in [6.07, 6.45) is 0. The van der Waals surface area contributed by atoms with Crippen molar-refractivity contribution in [2.75, 3.05) is 31.2 Å². The Kier molecular flexibility index (Phi) is 6.22. The number of thioether (sulfide) groups is 2. The Morgan fingerprint density at radius 2 is 1.87 bits per heavy atom. The first kappa shape index (κ1) is 21.7. The molecule has 0 saturated carbocycles. The van der Waals surface area contributed by atoms with Crippen molar-refractivity contribution in [1.29, 1.82) is 0 Å². The lowest BCUT2D eigenvalue weighted by atomic mass is 10.1. The van der Waals surface area contributed by atoms with Crippen LogP contribution in [-0.2, 0) is 10.0 Å². The minimum atomic E-state index is -4.02. The highest BCUT2D eigenvalue weighted by Crippen LogP contribution is 2.43. The molecule has 0 aliphatic carbocycles. The molecule has 0 amide bonds. The molecule has 1 aliphatic heterocycles. The van der Waals surface area contributed by atoms with Crippen LogP contribution in [0.15, 0.2) is 63.3 Å². The van der Waals surface area contributed by atoms with E-state index in [2.05, 4.69) is 9.71 Å². The Labute approximate surface area is 188 Å². The van der Waals surface area contributed by atoms with Gasteiger partial charge in [0.2, 0.25) is 0 Å². The van der Waals surface area contributed by atoms with Crippen LogP contribution in [0.1, 0.15) is 0 Å². The van der Waals surface area contributed by atoms with Crippen LogP contribution in [0, 0.1) is 0 Å². The van der Waals surface area contributed by atoms with E-state index >= 15 is 0 Å².